The molecule has 0 aliphatic carbocycles. The van der Waals surface area contributed by atoms with Gasteiger partial charge in [0.2, 0.25) is 0 Å². The van der Waals surface area contributed by atoms with Gasteiger partial charge in [-0.1, -0.05) is 30.3 Å². The van der Waals surface area contributed by atoms with Crippen LogP contribution in [0.25, 0.3) is 0 Å². The molecular formula is C10H14N-. The minimum Gasteiger partial charge on any atom is -0.456 e. The van der Waals surface area contributed by atoms with Gasteiger partial charge in [-0.25, -0.2) is 0 Å². The Bertz CT molecular complexity index is 203. The molecule has 0 heterocycles. The second-order valence-corrected chi connectivity index (χ2v) is 2.84. The molecule has 1 rings (SSSR count). The van der Waals surface area contributed by atoms with Crippen molar-refractivity contribution in [2.24, 2.45) is 0 Å². The Hall–Kier alpha value is -0.820. The van der Waals surface area contributed by atoms with Gasteiger partial charge in [-0.3, -0.25) is 7.05 Å². The van der Waals surface area contributed by atoms with E-state index in [9.17, 15) is 0 Å². The summed E-state index contributed by atoms with van der Waals surface area (Å²) < 4.78 is 0. The summed E-state index contributed by atoms with van der Waals surface area (Å²) in [7, 11) is 5.83. The fourth-order valence-corrected chi connectivity index (χ4v) is 0.986. The maximum absolute atomic E-state index is 3.85. The van der Waals surface area contributed by atoms with Crippen molar-refractivity contribution in [1.29, 1.82) is 0 Å². The summed E-state index contributed by atoms with van der Waals surface area (Å²) in [5, 5.41) is 0. The van der Waals surface area contributed by atoms with E-state index in [0.29, 0.717) is 6.04 Å². The molecular weight excluding hydrogens is 134 g/mol. The van der Waals surface area contributed by atoms with Gasteiger partial charge in [-0.05, 0) is 19.5 Å². The number of hydrogen-bond donors (Lipinski definition) is 0. The van der Waals surface area contributed by atoms with Crippen LogP contribution in [-0.4, -0.2) is 11.9 Å². The van der Waals surface area contributed by atoms with Crippen LogP contribution in [0.4, 0.5) is 0 Å². The molecule has 1 aromatic carbocycles. The van der Waals surface area contributed by atoms with Gasteiger partial charge in [0.05, 0.1) is 0 Å². The highest BCUT2D eigenvalue weighted by molar-refractivity contribution is 5.18. The van der Waals surface area contributed by atoms with Crippen molar-refractivity contribution in [3.63, 3.8) is 0 Å². The smallest absolute Gasteiger partial charge is 0.00420 e. The fourth-order valence-electron chi connectivity index (χ4n) is 0.986. The van der Waals surface area contributed by atoms with Crippen LogP contribution in [0.3, 0.4) is 0 Å². The predicted molar refractivity (Wildman–Crippen MR) is 48.0 cm³/mol. The first kappa shape index (κ1) is 8.28. The minimum atomic E-state index is 0.399. The summed E-state index contributed by atoms with van der Waals surface area (Å²) in [5.41, 5.74) is 1.31. The van der Waals surface area contributed by atoms with Crippen LogP contribution in [0.15, 0.2) is 30.3 Å². The average molecular weight is 148 g/mol. The van der Waals surface area contributed by atoms with E-state index in [-0.39, 0.29) is 0 Å². The third-order valence-corrected chi connectivity index (χ3v) is 1.94. The van der Waals surface area contributed by atoms with E-state index < -0.39 is 0 Å². The molecule has 0 bridgehead atoms. The quantitative estimate of drug-likeness (QED) is 0.582. The first-order valence-corrected chi connectivity index (χ1v) is 3.80. The Morgan fingerprint density at radius 3 is 2.27 bits per heavy atom. The van der Waals surface area contributed by atoms with Crippen molar-refractivity contribution in [2.45, 2.75) is 13.0 Å². The Morgan fingerprint density at radius 2 is 1.82 bits per heavy atom. The van der Waals surface area contributed by atoms with Gasteiger partial charge in [0.25, 0.3) is 0 Å². The molecule has 11 heavy (non-hydrogen) atoms. The number of hydrogen-bond acceptors (Lipinski definition) is 1. The molecule has 0 aliphatic rings. The second-order valence-electron chi connectivity index (χ2n) is 2.84. The molecule has 0 fully saturated rings. The second kappa shape index (κ2) is 3.54. The topological polar surface area (TPSA) is 3.24 Å². The molecule has 60 valence electrons. The van der Waals surface area contributed by atoms with E-state index >= 15 is 0 Å². The zero-order chi connectivity index (χ0) is 8.27. The fraction of sp³-hybridized carbons (Fsp3) is 0.300. The molecule has 0 aromatic heterocycles. The lowest BCUT2D eigenvalue weighted by molar-refractivity contribution is 0.356. The van der Waals surface area contributed by atoms with Crippen molar-refractivity contribution in [2.75, 3.05) is 7.05 Å². The molecule has 0 N–H and O–H groups in total. The number of benzene rings is 1. The third-order valence-electron chi connectivity index (χ3n) is 1.94. The Kier molecular flexibility index (Phi) is 2.66. The zero-order valence-electron chi connectivity index (χ0n) is 7.12. The van der Waals surface area contributed by atoms with Crippen LogP contribution in [-0.2, 0) is 0 Å². The molecule has 0 radical (unpaired) electrons. The number of rotatable bonds is 2. The van der Waals surface area contributed by atoms with Crippen LogP contribution >= 0.6 is 0 Å². The standard InChI is InChI=1S/C10H14N/c1-9(11(2)3)10-7-5-4-6-8-10/h4-9H,2H2,1,3H3/q-1/t9-/m1/s1. The first-order chi connectivity index (χ1) is 5.22. The maximum Gasteiger partial charge on any atom is 0.00420 e. The zero-order valence-corrected chi connectivity index (χ0v) is 7.12. The van der Waals surface area contributed by atoms with Crippen LogP contribution < -0.4 is 0 Å². The van der Waals surface area contributed by atoms with E-state index in [2.05, 4.69) is 38.2 Å². The summed E-state index contributed by atoms with van der Waals surface area (Å²) in [5.74, 6) is 0. The lowest BCUT2D eigenvalue weighted by atomic mass is 10.1. The number of nitrogens with zero attached hydrogens (tertiary/aromatic N) is 1. The lowest BCUT2D eigenvalue weighted by Crippen LogP contribution is -2.13. The predicted octanol–water partition coefficient (Wildman–Crippen LogP) is 2.47. The van der Waals surface area contributed by atoms with Gasteiger partial charge >= 0.3 is 0 Å². The molecule has 0 saturated heterocycles. The van der Waals surface area contributed by atoms with Crippen molar-refractivity contribution in [3.8, 4) is 0 Å². The van der Waals surface area contributed by atoms with Crippen LogP contribution in [0.2, 0.25) is 0 Å². The highest BCUT2D eigenvalue weighted by Gasteiger charge is 2.00. The monoisotopic (exact) mass is 148 g/mol. The largest absolute Gasteiger partial charge is 0.456 e. The molecule has 0 aliphatic heterocycles. The summed E-state index contributed by atoms with van der Waals surface area (Å²) in [6, 6.07) is 10.8. The van der Waals surface area contributed by atoms with Gasteiger partial charge in [0.15, 0.2) is 0 Å². The van der Waals surface area contributed by atoms with E-state index in [1.165, 1.54) is 5.56 Å². The SMILES string of the molecule is [CH2-]N(C)[C@H](C)c1ccccc1. The molecule has 0 saturated carbocycles. The van der Waals surface area contributed by atoms with Crippen molar-refractivity contribution in [3.05, 3.63) is 42.9 Å². The van der Waals surface area contributed by atoms with Gasteiger partial charge in [0.1, 0.15) is 0 Å². The van der Waals surface area contributed by atoms with Crippen molar-refractivity contribution in [1.82, 2.24) is 4.90 Å². The Labute approximate surface area is 68.7 Å². The Balaban J connectivity index is 2.77. The van der Waals surface area contributed by atoms with Gasteiger partial charge < -0.3 is 4.90 Å². The van der Waals surface area contributed by atoms with Gasteiger partial charge in [0, 0.05) is 6.04 Å². The summed E-state index contributed by atoms with van der Waals surface area (Å²) in [4.78, 5) is 1.95. The molecule has 1 aromatic rings. The van der Waals surface area contributed by atoms with Crippen molar-refractivity contribution >= 4 is 0 Å². The highest BCUT2D eigenvalue weighted by Crippen LogP contribution is 2.16. The molecule has 1 heteroatoms. The molecule has 1 nitrogen and oxygen atoms in total. The normalized spacial score (nSPS) is 13.5. The van der Waals surface area contributed by atoms with E-state index in [0.717, 1.165) is 0 Å². The Morgan fingerprint density at radius 1 is 1.27 bits per heavy atom. The van der Waals surface area contributed by atoms with E-state index in [4.69, 9.17) is 0 Å². The lowest BCUT2D eigenvalue weighted by Gasteiger charge is -2.27. The molecule has 0 spiro atoms. The van der Waals surface area contributed by atoms with Crippen molar-refractivity contribution < 1.29 is 0 Å². The molecule has 1 atom stereocenters. The van der Waals surface area contributed by atoms with E-state index in [1.807, 2.05) is 18.0 Å². The molecule has 0 unspecified atom stereocenters. The van der Waals surface area contributed by atoms with Gasteiger partial charge in [-0.15, -0.1) is 0 Å². The first-order valence-electron chi connectivity index (χ1n) is 3.80. The van der Waals surface area contributed by atoms with Crippen LogP contribution in [0, 0.1) is 7.05 Å². The third kappa shape index (κ3) is 2.05. The maximum atomic E-state index is 3.85. The summed E-state index contributed by atoms with van der Waals surface area (Å²) in [6.07, 6.45) is 0. The summed E-state index contributed by atoms with van der Waals surface area (Å²) >= 11 is 0. The summed E-state index contributed by atoms with van der Waals surface area (Å²) in [6.45, 7) is 2.14. The minimum absolute atomic E-state index is 0.399. The average Bonchev–Trinajstić information content (AvgIpc) is 2.05. The van der Waals surface area contributed by atoms with Crippen LogP contribution in [0.5, 0.6) is 0 Å². The van der Waals surface area contributed by atoms with Crippen LogP contribution in [0.1, 0.15) is 18.5 Å². The molecule has 0 amide bonds. The van der Waals surface area contributed by atoms with Gasteiger partial charge in [-0.2, -0.15) is 0 Å². The van der Waals surface area contributed by atoms with E-state index in [1.54, 1.807) is 0 Å². The highest BCUT2D eigenvalue weighted by atomic mass is 15.1.